The molecule has 1 aromatic heterocycles. The number of hydrogen-bond acceptors (Lipinski definition) is 4. The third kappa shape index (κ3) is 5.30. The maximum atomic E-state index is 14.3. The first-order valence-electron chi connectivity index (χ1n) is 10.0. The number of anilines is 1. The van der Waals surface area contributed by atoms with Crippen LogP contribution >= 0.6 is 0 Å². The van der Waals surface area contributed by atoms with Gasteiger partial charge in [0.2, 0.25) is 0 Å². The molecular formula is C22H28FN3O3S. The van der Waals surface area contributed by atoms with E-state index in [0.29, 0.717) is 17.9 Å². The third-order valence-electron chi connectivity index (χ3n) is 5.32. The van der Waals surface area contributed by atoms with Gasteiger partial charge in [-0.05, 0) is 74.9 Å². The van der Waals surface area contributed by atoms with Gasteiger partial charge in [-0.15, -0.1) is 4.72 Å². The number of carbonyl (C=O) groups is 1. The Morgan fingerprint density at radius 1 is 1.23 bits per heavy atom. The van der Waals surface area contributed by atoms with Crippen molar-refractivity contribution in [3.05, 3.63) is 59.7 Å². The maximum Gasteiger partial charge on any atom is 0.409 e. The smallest absolute Gasteiger partial charge is 0.409 e. The van der Waals surface area contributed by atoms with Crippen molar-refractivity contribution in [1.82, 2.24) is 9.71 Å². The van der Waals surface area contributed by atoms with E-state index >= 15 is 0 Å². The van der Waals surface area contributed by atoms with Crippen LogP contribution in [0.1, 0.15) is 57.6 Å². The monoisotopic (exact) mass is 433 g/mol. The molecule has 162 valence electrons. The maximum absolute atomic E-state index is 14.3. The minimum atomic E-state index is -1.43. The molecule has 0 radical (unpaired) electrons. The molecule has 3 rings (SSSR count). The molecule has 1 aromatic carbocycles. The molecule has 2 atom stereocenters. The summed E-state index contributed by atoms with van der Waals surface area (Å²) >= 11 is -1.43. The van der Waals surface area contributed by atoms with Crippen molar-refractivity contribution in [2.75, 3.05) is 5.32 Å². The topological polar surface area (TPSA) is 97.3 Å². The lowest BCUT2D eigenvalue weighted by Gasteiger charge is -2.38. The summed E-state index contributed by atoms with van der Waals surface area (Å²) in [7, 11) is 0. The fourth-order valence-corrected chi connectivity index (χ4v) is 4.36. The number of nitrogens with one attached hydrogen (secondary N) is 2. The first kappa shape index (κ1) is 22.5. The Kier molecular flexibility index (Phi) is 6.69. The molecule has 6 nitrogen and oxygen atoms in total. The molecule has 0 aliphatic heterocycles. The van der Waals surface area contributed by atoms with Crippen LogP contribution in [0.25, 0.3) is 0 Å². The van der Waals surface area contributed by atoms with E-state index in [1.165, 1.54) is 25.0 Å². The minimum Gasteiger partial charge on any atom is -0.598 e. The highest BCUT2D eigenvalue weighted by Crippen LogP contribution is 2.42. The second-order valence-corrected chi connectivity index (χ2v) is 10.7. The molecule has 1 amide bonds. The number of rotatable bonds is 8. The van der Waals surface area contributed by atoms with Gasteiger partial charge in [0.05, 0.1) is 5.69 Å². The van der Waals surface area contributed by atoms with E-state index in [1.807, 2.05) is 32.9 Å². The summed E-state index contributed by atoms with van der Waals surface area (Å²) in [6.07, 6.45) is 5.89. The zero-order valence-electron chi connectivity index (χ0n) is 17.4. The Morgan fingerprint density at radius 3 is 2.47 bits per heavy atom. The fourth-order valence-electron chi connectivity index (χ4n) is 3.40. The van der Waals surface area contributed by atoms with Gasteiger partial charge in [0.1, 0.15) is 16.1 Å². The Bertz CT molecular complexity index is 887. The summed E-state index contributed by atoms with van der Waals surface area (Å²) in [5.74, 6) is -0.0444. The van der Waals surface area contributed by atoms with Gasteiger partial charge in [-0.1, -0.05) is 18.9 Å². The third-order valence-corrected chi connectivity index (χ3v) is 6.97. The number of nitrogens with zero attached hydrogens (tertiary/aromatic N) is 1. The predicted octanol–water partition coefficient (Wildman–Crippen LogP) is 4.80. The summed E-state index contributed by atoms with van der Waals surface area (Å²) in [4.78, 5) is 15.2. The van der Waals surface area contributed by atoms with Crippen LogP contribution in [0.15, 0.2) is 42.7 Å². The molecule has 1 unspecified atom stereocenters. The summed E-state index contributed by atoms with van der Waals surface area (Å²) in [5.41, 5.74) is 0.487. The van der Waals surface area contributed by atoms with E-state index in [-0.39, 0.29) is 5.69 Å². The van der Waals surface area contributed by atoms with Gasteiger partial charge in [-0.25, -0.2) is 9.18 Å². The average Bonchev–Trinajstić information content (AvgIpc) is 3.51. The molecule has 8 heteroatoms. The number of carboxylic acid groups (broad SMARTS) is 1. The van der Waals surface area contributed by atoms with Gasteiger partial charge >= 0.3 is 6.09 Å². The molecule has 1 heterocycles. The zero-order chi connectivity index (χ0) is 21.9. The van der Waals surface area contributed by atoms with Gasteiger partial charge in [0.15, 0.2) is 0 Å². The highest BCUT2D eigenvalue weighted by atomic mass is 32.2. The van der Waals surface area contributed by atoms with Crippen molar-refractivity contribution in [3.63, 3.8) is 0 Å². The Labute approximate surface area is 179 Å². The lowest BCUT2D eigenvalue weighted by atomic mass is 9.79. The molecule has 3 N–H and O–H groups in total. The van der Waals surface area contributed by atoms with Crippen molar-refractivity contribution in [1.29, 1.82) is 0 Å². The van der Waals surface area contributed by atoms with Crippen molar-refractivity contribution in [3.8, 4) is 0 Å². The molecule has 2 aromatic rings. The van der Waals surface area contributed by atoms with E-state index in [0.717, 1.165) is 12.0 Å². The largest absolute Gasteiger partial charge is 0.598 e. The van der Waals surface area contributed by atoms with Gasteiger partial charge in [-0.2, -0.15) is 0 Å². The van der Waals surface area contributed by atoms with Crippen molar-refractivity contribution >= 4 is 23.1 Å². The summed E-state index contributed by atoms with van der Waals surface area (Å²) in [6.45, 7) is 5.66. The first-order chi connectivity index (χ1) is 14.1. The lowest BCUT2D eigenvalue weighted by Crippen LogP contribution is -2.52. The molecule has 1 aliphatic carbocycles. The van der Waals surface area contributed by atoms with E-state index in [4.69, 9.17) is 5.11 Å². The Morgan fingerprint density at radius 2 is 1.90 bits per heavy atom. The highest BCUT2D eigenvalue weighted by molar-refractivity contribution is 7.90. The van der Waals surface area contributed by atoms with E-state index in [1.54, 1.807) is 18.5 Å². The number of hydrogen-bond donors (Lipinski definition) is 3. The number of benzene rings is 1. The second kappa shape index (κ2) is 8.91. The molecule has 0 spiro atoms. The van der Waals surface area contributed by atoms with E-state index in [9.17, 15) is 13.7 Å². The fraction of sp³-hybridized carbons (Fsp3) is 0.455. The zero-order valence-corrected chi connectivity index (χ0v) is 18.3. The molecule has 1 aliphatic rings. The van der Waals surface area contributed by atoms with E-state index in [2.05, 4.69) is 15.0 Å². The van der Waals surface area contributed by atoms with Crippen molar-refractivity contribution in [2.45, 2.75) is 56.7 Å². The SMILES string of the molecule is CC(C)(C)[S+]([O-])N[C@@](CCC1CC1)(c1ccncc1)c1ccc(F)c(NC(=O)O)c1. The van der Waals surface area contributed by atoms with Crippen LogP contribution in [0, 0.1) is 11.7 Å². The molecule has 1 saturated carbocycles. The average molecular weight is 434 g/mol. The van der Waals surface area contributed by atoms with Gasteiger partial charge in [-0.3, -0.25) is 10.3 Å². The van der Waals surface area contributed by atoms with Crippen LogP contribution < -0.4 is 10.0 Å². The van der Waals surface area contributed by atoms with Crippen LogP contribution in [0.3, 0.4) is 0 Å². The quantitative estimate of drug-likeness (QED) is 0.520. The summed E-state index contributed by atoms with van der Waals surface area (Å²) in [5, 5.41) is 11.2. The first-order valence-corrected chi connectivity index (χ1v) is 11.2. The van der Waals surface area contributed by atoms with Crippen LogP contribution in [0.2, 0.25) is 0 Å². The Hall–Kier alpha value is -2.16. The normalized spacial score (nSPS) is 17.2. The van der Waals surface area contributed by atoms with Gasteiger partial charge < -0.3 is 9.66 Å². The van der Waals surface area contributed by atoms with Crippen LogP contribution in [-0.4, -0.2) is 25.5 Å². The van der Waals surface area contributed by atoms with Gasteiger partial charge in [0, 0.05) is 23.8 Å². The summed E-state index contributed by atoms with van der Waals surface area (Å²) in [6, 6.07) is 8.07. The van der Waals surface area contributed by atoms with Crippen LogP contribution in [0.5, 0.6) is 0 Å². The van der Waals surface area contributed by atoms with Crippen LogP contribution in [0.4, 0.5) is 14.9 Å². The molecule has 1 fully saturated rings. The molecule has 30 heavy (non-hydrogen) atoms. The summed E-state index contributed by atoms with van der Waals surface area (Å²) < 4.78 is 30.3. The standard InChI is InChI=1S/C22H28FN3O3S/c1-21(2,3)30(29)26-22(11-8-15-4-5-15,16-9-12-24-13-10-16)17-6-7-18(23)19(14-17)25-20(27)28/h6-7,9-10,12-15,25-26H,4-5,8,11H2,1-3H3,(H,27,28)/t22-,30?/m0/s1. The van der Waals surface area contributed by atoms with Gasteiger partial charge in [0.25, 0.3) is 0 Å². The minimum absolute atomic E-state index is 0.131. The number of aromatic nitrogens is 1. The number of amides is 1. The molecular weight excluding hydrogens is 405 g/mol. The van der Waals surface area contributed by atoms with E-state index < -0.39 is 33.6 Å². The molecule has 0 saturated heterocycles. The predicted molar refractivity (Wildman–Crippen MR) is 116 cm³/mol. The van der Waals surface area contributed by atoms with Crippen molar-refractivity contribution in [2.24, 2.45) is 5.92 Å². The van der Waals surface area contributed by atoms with Crippen molar-refractivity contribution < 1.29 is 18.8 Å². The number of halogens is 1. The highest BCUT2D eigenvalue weighted by Gasteiger charge is 2.43. The number of pyridine rings is 1. The Balaban J connectivity index is 2.14. The second-order valence-electron chi connectivity index (χ2n) is 8.73. The van der Waals surface area contributed by atoms with Crippen LogP contribution in [-0.2, 0) is 16.9 Å². The lowest BCUT2D eigenvalue weighted by molar-refractivity contribution is 0.209. The molecule has 0 bridgehead atoms.